The van der Waals surface area contributed by atoms with E-state index in [0.717, 1.165) is 30.5 Å². The second kappa shape index (κ2) is 17.2. The number of urea groups is 1. The van der Waals surface area contributed by atoms with Crippen LogP contribution in [0.2, 0.25) is 0 Å². The lowest BCUT2D eigenvalue weighted by Gasteiger charge is -2.36. The highest BCUT2D eigenvalue weighted by atomic mass is 19.4. The van der Waals surface area contributed by atoms with Crippen molar-refractivity contribution in [3.63, 3.8) is 0 Å². The van der Waals surface area contributed by atoms with Crippen molar-refractivity contribution >= 4 is 23.3 Å². The molecular formula is C36H48F3N5O6. The normalized spacial score (nSPS) is 20.1. The van der Waals surface area contributed by atoms with Crippen molar-refractivity contribution < 1.29 is 41.9 Å². The summed E-state index contributed by atoms with van der Waals surface area (Å²) in [4.78, 5) is 30.8. The standard InChI is InChI=1S/C36H48F3N5O6/c1-22-18-44(23(2)21-45)34(46)30-17-29(40-35(47)41-33-25(4)42-50-26(33)5)14-15-31(30)49-24(3)9-7-8-16-48-32(22)20-43(6)19-27-10-12-28(13-11-27)36(37,38)39/h10-15,17,22-24,32,45H,7-9,16,18-21H2,1-6H3,(H2,40,41,47)/t22-,23+,24+,32-/m0/s1. The van der Waals surface area contributed by atoms with Crippen molar-refractivity contribution in [1.82, 2.24) is 15.0 Å². The van der Waals surface area contributed by atoms with Crippen LogP contribution < -0.4 is 15.4 Å². The molecule has 0 saturated carbocycles. The molecule has 0 aliphatic carbocycles. The molecule has 0 radical (unpaired) electrons. The molecule has 50 heavy (non-hydrogen) atoms. The Hall–Kier alpha value is -4.14. The van der Waals surface area contributed by atoms with Crippen LogP contribution in [0.5, 0.6) is 5.75 Å². The smallest absolute Gasteiger partial charge is 0.416 e. The third-order valence-corrected chi connectivity index (χ3v) is 8.81. The highest BCUT2D eigenvalue weighted by molar-refractivity contribution is 6.03. The molecule has 3 aromatic rings. The molecule has 2 aromatic carbocycles. The van der Waals surface area contributed by atoms with Gasteiger partial charge in [0.15, 0.2) is 5.76 Å². The topological polar surface area (TPSA) is 129 Å². The van der Waals surface area contributed by atoms with Gasteiger partial charge in [0.25, 0.3) is 5.91 Å². The van der Waals surface area contributed by atoms with Crippen LogP contribution in [0.4, 0.5) is 29.3 Å². The first kappa shape index (κ1) is 38.7. The van der Waals surface area contributed by atoms with Crippen molar-refractivity contribution in [1.29, 1.82) is 0 Å². The predicted octanol–water partition coefficient (Wildman–Crippen LogP) is 6.88. The van der Waals surface area contributed by atoms with Gasteiger partial charge >= 0.3 is 12.2 Å². The Morgan fingerprint density at radius 2 is 1.84 bits per heavy atom. The number of rotatable bonds is 8. The number of fused-ring (bicyclic) bond motifs is 1. The summed E-state index contributed by atoms with van der Waals surface area (Å²) in [5.41, 5.74) is 1.60. The number of carbonyl (C=O) groups excluding carboxylic acids is 2. The van der Waals surface area contributed by atoms with Gasteiger partial charge in [0.05, 0.1) is 36.0 Å². The fourth-order valence-corrected chi connectivity index (χ4v) is 5.88. The van der Waals surface area contributed by atoms with E-state index in [4.69, 9.17) is 14.0 Å². The molecule has 0 spiro atoms. The Kier molecular flexibility index (Phi) is 13.3. The number of alkyl halides is 3. The summed E-state index contributed by atoms with van der Waals surface area (Å²) in [7, 11) is 1.88. The molecule has 0 bridgehead atoms. The number of aromatic nitrogens is 1. The molecule has 0 saturated heterocycles. The number of aliphatic hydroxyl groups excluding tert-OH is 1. The first-order valence-electron chi connectivity index (χ1n) is 16.9. The van der Waals surface area contributed by atoms with Gasteiger partial charge in [-0.2, -0.15) is 13.2 Å². The monoisotopic (exact) mass is 703 g/mol. The van der Waals surface area contributed by atoms with E-state index in [-0.39, 0.29) is 42.7 Å². The van der Waals surface area contributed by atoms with E-state index in [9.17, 15) is 27.9 Å². The average Bonchev–Trinajstić information content (AvgIpc) is 3.37. The number of nitrogens with one attached hydrogen (secondary N) is 2. The van der Waals surface area contributed by atoms with Gasteiger partial charge in [-0.3, -0.25) is 9.69 Å². The number of benzene rings is 2. The SMILES string of the molecule is Cc1noc(C)c1NC(=O)Nc1ccc2c(c1)C(=O)N([C@H](C)CO)C[C@H](C)[C@H](CN(C)Cc1ccc(C(F)(F)F)cc1)OCCCC[C@@H](C)O2. The van der Waals surface area contributed by atoms with Crippen LogP contribution in [0.15, 0.2) is 47.0 Å². The Bertz CT molecular complexity index is 1560. The number of hydrogen-bond acceptors (Lipinski definition) is 8. The first-order chi connectivity index (χ1) is 23.7. The number of aryl methyl sites for hydroxylation is 2. The zero-order chi connectivity index (χ0) is 36.6. The lowest BCUT2D eigenvalue weighted by molar-refractivity contribution is -0.137. The van der Waals surface area contributed by atoms with Crippen LogP contribution in [0.1, 0.15) is 73.0 Å². The zero-order valence-corrected chi connectivity index (χ0v) is 29.5. The summed E-state index contributed by atoms with van der Waals surface area (Å²) < 4.78 is 57.0. The molecule has 0 unspecified atom stereocenters. The third kappa shape index (κ3) is 10.4. The summed E-state index contributed by atoms with van der Waals surface area (Å²) in [6, 6.07) is 8.90. The number of carbonyl (C=O) groups is 2. The molecule has 1 aromatic heterocycles. The molecule has 4 atom stereocenters. The maximum Gasteiger partial charge on any atom is 0.416 e. The number of aliphatic hydroxyl groups is 1. The fourth-order valence-electron chi connectivity index (χ4n) is 5.88. The molecule has 274 valence electrons. The maximum atomic E-state index is 14.4. The quantitative estimate of drug-likeness (QED) is 0.232. The van der Waals surface area contributed by atoms with Gasteiger partial charge in [0.1, 0.15) is 17.1 Å². The molecule has 14 heteroatoms. The molecule has 11 nitrogen and oxygen atoms in total. The molecule has 1 aliphatic heterocycles. The lowest BCUT2D eigenvalue weighted by Crippen LogP contribution is -2.47. The number of likely N-dealkylation sites (N-methyl/N-ethyl adjacent to an activating group) is 1. The van der Waals surface area contributed by atoms with Crippen LogP contribution >= 0.6 is 0 Å². The van der Waals surface area contributed by atoms with E-state index in [1.807, 2.05) is 25.8 Å². The summed E-state index contributed by atoms with van der Waals surface area (Å²) >= 11 is 0. The van der Waals surface area contributed by atoms with Crippen molar-refractivity contribution in [2.24, 2.45) is 5.92 Å². The summed E-state index contributed by atoms with van der Waals surface area (Å²) in [6.45, 7) is 10.3. The zero-order valence-electron chi connectivity index (χ0n) is 29.5. The Morgan fingerprint density at radius 3 is 2.48 bits per heavy atom. The second-order valence-corrected chi connectivity index (χ2v) is 13.2. The van der Waals surface area contributed by atoms with Gasteiger partial charge in [-0.25, -0.2) is 4.79 Å². The highest BCUT2D eigenvalue weighted by Crippen LogP contribution is 2.31. The molecule has 0 fully saturated rings. The Balaban J connectivity index is 1.57. The van der Waals surface area contributed by atoms with Crippen molar-refractivity contribution in [3.05, 3.63) is 70.6 Å². The number of halogens is 3. The molecule has 4 rings (SSSR count). The number of hydrogen-bond donors (Lipinski definition) is 3. The molecular weight excluding hydrogens is 655 g/mol. The van der Waals surface area contributed by atoms with Gasteiger partial charge in [-0.15, -0.1) is 0 Å². The minimum atomic E-state index is -4.40. The van der Waals surface area contributed by atoms with Crippen molar-refractivity contribution in [3.8, 4) is 5.75 Å². The summed E-state index contributed by atoms with van der Waals surface area (Å²) in [6.07, 6.45) is -2.63. The van der Waals surface area contributed by atoms with Crippen LogP contribution in [0, 0.1) is 19.8 Å². The first-order valence-corrected chi connectivity index (χ1v) is 16.9. The molecule has 1 aliphatic rings. The maximum absolute atomic E-state index is 14.4. The molecule has 2 heterocycles. The minimum Gasteiger partial charge on any atom is -0.490 e. The number of nitrogens with zero attached hydrogens (tertiary/aromatic N) is 3. The van der Waals surface area contributed by atoms with Gasteiger partial charge in [0, 0.05) is 37.8 Å². The predicted molar refractivity (Wildman–Crippen MR) is 183 cm³/mol. The molecule has 3 N–H and O–H groups in total. The Morgan fingerprint density at radius 1 is 1.12 bits per heavy atom. The van der Waals surface area contributed by atoms with Crippen LogP contribution in [-0.4, -0.2) is 83.6 Å². The highest BCUT2D eigenvalue weighted by Gasteiger charge is 2.32. The van der Waals surface area contributed by atoms with E-state index in [2.05, 4.69) is 15.8 Å². The van der Waals surface area contributed by atoms with E-state index >= 15 is 0 Å². The average molecular weight is 704 g/mol. The molecule has 3 amide bonds. The van der Waals surface area contributed by atoms with Crippen LogP contribution in [-0.2, 0) is 17.5 Å². The van der Waals surface area contributed by atoms with Crippen LogP contribution in [0.3, 0.4) is 0 Å². The lowest BCUT2D eigenvalue weighted by atomic mass is 10.0. The van der Waals surface area contributed by atoms with Crippen molar-refractivity contribution in [2.75, 3.05) is 44.0 Å². The van der Waals surface area contributed by atoms with Crippen molar-refractivity contribution in [2.45, 2.75) is 84.9 Å². The van der Waals surface area contributed by atoms with E-state index in [1.54, 1.807) is 43.9 Å². The number of anilines is 2. The Labute approximate surface area is 291 Å². The van der Waals surface area contributed by atoms with E-state index < -0.39 is 23.8 Å². The summed E-state index contributed by atoms with van der Waals surface area (Å²) in [5, 5.41) is 19.6. The fraction of sp³-hybridized carbons (Fsp3) is 0.528. The van der Waals surface area contributed by atoms with Gasteiger partial charge in [-0.05, 0) is 89.9 Å². The van der Waals surface area contributed by atoms with E-state index in [1.165, 1.54) is 12.1 Å². The van der Waals surface area contributed by atoms with Gasteiger partial charge in [0.2, 0.25) is 0 Å². The van der Waals surface area contributed by atoms with Crippen LogP contribution in [0.25, 0.3) is 0 Å². The second-order valence-electron chi connectivity index (χ2n) is 13.2. The summed E-state index contributed by atoms with van der Waals surface area (Å²) in [5.74, 6) is 0.235. The third-order valence-electron chi connectivity index (χ3n) is 8.81. The number of amides is 3. The number of ether oxygens (including phenoxy) is 2. The van der Waals surface area contributed by atoms with Gasteiger partial charge in [-0.1, -0.05) is 24.2 Å². The van der Waals surface area contributed by atoms with Gasteiger partial charge < -0.3 is 34.6 Å². The largest absolute Gasteiger partial charge is 0.490 e. The minimum absolute atomic E-state index is 0.198. The van der Waals surface area contributed by atoms with E-state index in [0.29, 0.717) is 54.7 Å².